The summed E-state index contributed by atoms with van der Waals surface area (Å²) in [6, 6.07) is 9.62. The van der Waals surface area contributed by atoms with Gasteiger partial charge in [0.15, 0.2) is 0 Å². The molecule has 3 rings (SSSR count). The Kier molecular flexibility index (Phi) is 3.70. The van der Waals surface area contributed by atoms with Crippen LogP contribution in [0.3, 0.4) is 0 Å². The Bertz CT molecular complexity index is 680. The topological polar surface area (TPSA) is 65.5 Å². The molecule has 0 aliphatic carbocycles. The summed E-state index contributed by atoms with van der Waals surface area (Å²) in [7, 11) is 0. The highest BCUT2D eigenvalue weighted by Gasteiger charge is 2.31. The molecule has 5 nitrogen and oxygen atoms in total. The number of aryl methyl sites for hydroxylation is 1. The Morgan fingerprint density at radius 1 is 1.38 bits per heavy atom. The number of ether oxygens (including phenoxy) is 2. The van der Waals surface area contributed by atoms with E-state index < -0.39 is 18.0 Å². The normalized spacial score (nSPS) is 17.6. The summed E-state index contributed by atoms with van der Waals surface area (Å²) < 4.78 is 9.98. The molecule has 0 bridgehead atoms. The van der Waals surface area contributed by atoms with Crippen molar-refractivity contribution < 1.29 is 19.1 Å². The maximum Gasteiger partial charge on any atom is 0.351 e. The Balaban J connectivity index is 1.81. The van der Waals surface area contributed by atoms with Gasteiger partial charge in [0.25, 0.3) is 0 Å². The van der Waals surface area contributed by atoms with E-state index in [0.29, 0.717) is 23.6 Å². The zero-order valence-corrected chi connectivity index (χ0v) is 12.2. The number of hydrogen-bond donors (Lipinski definition) is 0. The van der Waals surface area contributed by atoms with Gasteiger partial charge >= 0.3 is 11.9 Å². The minimum atomic E-state index is -0.792. The van der Waals surface area contributed by atoms with Gasteiger partial charge in [-0.3, -0.25) is 0 Å². The largest absolute Gasteiger partial charge is 0.463 e. The molecule has 0 saturated carbocycles. The highest BCUT2D eigenvalue weighted by Crippen LogP contribution is 2.28. The van der Waals surface area contributed by atoms with Crippen LogP contribution in [0.5, 0.6) is 0 Å². The van der Waals surface area contributed by atoms with E-state index in [0.717, 1.165) is 10.6 Å². The van der Waals surface area contributed by atoms with E-state index in [1.807, 2.05) is 30.3 Å². The highest BCUT2D eigenvalue weighted by molar-refractivity contribution is 7.17. The van der Waals surface area contributed by atoms with Gasteiger partial charge in [-0.15, -0.1) is 11.3 Å². The first-order valence-electron chi connectivity index (χ1n) is 6.55. The second-order valence-corrected chi connectivity index (χ2v) is 5.65. The number of esters is 2. The van der Waals surface area contributed by atoms with Gasteiger partial charge in [-0.1, -0.05) is 30.3 Å². The molecule has 0 amide bonds. The molecule has 6 heteroatoms. The van der Waals surface area contributed by atoms with E-state index in [2.05, 4.69) is 4.98 Å². The number of aromatic nitrogens is 1. The monoisotopic (exact) mass is 303 g/mol. The van der Waals surface area contributed by atoms with Crippen molar-refractivity contribution in [1.29, 1.82) is 0 Å². The summed E-state index contributed by atoms with van der Waals surface area (Å²) in [5.74, 6) is -0.996. The van der Waals surface area contributed by atoms with Gasteiger partial charge in [0, 0.05) is 12.0 Å². The lowest BCUT2D eigenvalue weighted by Crippen LogP contribution is -2.22. The van der Waals surface area contributed by atoms with Crippen LogP contribution in [0.2, 0.25) is 0 Å². The summed E-state index contributed by atoms with van der Waals surface area (Å²) in [4.78, 5) is 28.3. The van der Waals surface area contributed by atoms with E-state index in [4.69, 9.17) is 9.47 Å². The Morgan fingerprint density at radius 3 is 2.81 bits per heavy atom. The highest BCUT2D eigenvalue weighted by atomic mass is 32.1. The van der Waals surface area contributed by atoms with Crippen molar-refractivity contribution in [3.8, 4) is 10.6 Å². The van der Waals surface area contributed by atoms with E-state index >= 15 is 0 Å². The van der Waals surface area contributed by atoms with E-state index in [1.54, 1.807) is 6.92 Å². The summed E-state index contributed by atoms with van der Waals surface area (Å²) in [5, 5.41) is 0.758. The summed E-state index contributed by atoms with van der Waals surface area (Å²) in [6.45, 7) is 2.06. The van der Waals surface area contributed by atoms with Gasteiger partial charge in [0.2, 0.25) is 6.10 Å². The molecule has 108 valence electrons. The van der Waals surface area contributed by atoms with E-state index in [-0.39, 0.29) is 0 Å². The van der Waals surface area contributed by atoms with Crippen molar-refractivity contribution in [3.63, 3.8) is 0 Å². The molecule has 1 aromatic carbocycles. The first-order chi connectivity index (χ1) is 10.1. The Labute approximate surface area is 125 Å². The molecule has 1 aliphatic rings. The maximum atomic E-state index is 12.2. The second-order valence-electron chi connectivity index (χ2n) is 4.65. The number of hydrogen-bond acceptors (Lipinski definition) is 6. The minimum absolute atomic E-state index is 0.299. The van der Waals surface area contributed by atoms with Crippen LogP contribution in [-0.4, -0.2) is 29.6 Å². The molecule has 1 aliphatic heterocycles. The van der Waals surface area contributed by atoms with Crippen LogP contribution in [0.4, 0.5) is 0 Å². The fourth-order valence-corrected chi connectivity index (χ4v) is 3.01. The third kappa shape index (κ3) is 2.80. The Morgan fingerprint density at radius 2 is 2.14 bits per heavy atom. The lowest BCUT2D eigenvalue weighted by atomic mass is 10.2. The van der Waals surface area contributed by atoms with Crippen molar-refractivity contribution in [2.24, 2.45) is 0 Å². The maximum absolute atomic E-state index is 12.2. The van der Waals surface area contributed by atoms with Crippen LogP contribution < -0.4 is 0 Å². The molecule has 1 fully saturated rings. The quantitative estimate of drug-likeness (QED) is 0.815. The van der Waals surface area contributed by atoms with Crippen LogP contribution in [0.15, 0.2) is 30.3 Å². The molecule has 2 heterocycles. The number of nitrogens with zero attached hydrogens (tertiary/aromatic N) is 1. The summed E-state index contributed by atoms with van der Waals surface area (Å²) >= 11 is 1.27. The number of carbonyl (C=O) groups excluding carboxylic acids is 2. The van der Waals surface area contributed by atoms with Crippen LogP contribution in [-0.2, 0) is 14.3 Å². The van der Waals surface area contributed by atoms with Gasteiger partial charge in [-0.2, -0.15) is 0 Å². The third-order valence-corrected chi connectivity index (χ3v) is 4.33. The molecule has 1 aromatic heterocycles. The van der Waals surface area contributed by atoms with Crippen LogP contribution in [0, 0.1) is 6.92 Å². The fourth-order valence-electron chi connectivity index (χ4n) is 2.06. The molecular weight excluding hydrogens is 290 g/mol. The zero-order valence-electron chi connectivity index (χ0n) is 11.4. The average Bonchev–Trinajstić information content (AvgIpc) is 3.06. The van der Waals surface area contributed by atoms with Crippen LogP contribution in [0.1, 0.15) is 21.8 Å². The molecular formula is C15H13NO4S. The molecule has 0 unspecified atom stereocenters. The minimum Gasteiger partial charge on any atom is -0.463 e. The number of thiazole rings is 1. The second kappa shape index (κ2) is 5.65. The first kappa shape index (κ1) is 13.8. The van der Waals surface area contributed by atoms with Crippen molar-refractivity contribution in [1.82, 2.24) is 4.98 Å². The number of cyclic esters (lactones) is 1. The van der Waals surface area contributed by atoms with Gasteiger partial charge in [-0.25, -0.2) is 14.6 Å². The molecule has 21 heavy (non-hydrogen) atoms. The number of benzene rings is 1. The first-order valence-corrected chi connectivity index (χ1v) is 7.37. The van der Waals surface area contributed by atoms with Crippen molar-refractivity contribution in [2.75, 3.05) is 6.61 Å². The van der Waals surface area contributed by atoms with Crippen LogP contribution in [0.25, 0.3) is 10.6 Å². The van der Waals surface area contributed by atoms with Gasteiger partial charge < -0.3 is 9.47 Å². The molecule has 0 N–H and O–H groups in total. The molecule has 0 radical (unpaired) electrons. The number of rotatable bonds is 3. The SMILES string of the molecule is Cc1nc(-c2ccccc2)sc1C(=O)O[C@H]1CCOC1=O. The predicted molar refractivity (Wildman–Crippen MR) is 77.1 cm³/mol. The molecule has 2 aromatic rings. The lowest BCUT2D eigenvalue weighted by molar-refractivity contribution is -0.145. The summed E-state index contributed by atoms with van der Waals surface area (Å²) in [5.41, 5.74) is 1.56. The predicted octanol–water partition coefficient (Wildman–Crippen LogP) is 2.59. The van der Waals surface area contributed by atoms with Gasteiger partial charge in [0.05, 0.1) is 12.3 Å². The Hall–Kier alpha value is -2.21. The van der Waals surface area contributed by atoms with Crippen LogP contribution >= 0.6 is 11.3 Å². The smallest absolute Gasteiger partial charge is 0.351 e. The van der Waals surface area contributed by atoms with Gasteiger partial charge in [0.1, 0.15) is 9.88 Å². The summed E-state index contributed by atoms with van der Waals surface area (Å²) in [6.07, 6.45) is -0.382. The van der Waals surface area contributed by atoms with Crippen molar-refractivity contribution in [2.45, 2.75) is 19.4 Å². The fraction of sp³-hybridized carbons (Fsp3) is 0.267. The average molecular weight is 303 g/mol. The van der Waals surface area contributed by atoms with E-state index in [1.165, 1.54) is 11.3 Å². The molecule has 0 spiro atoms. The zero-order chi connectivity index (χ0) is 14.8. The van der Waals surface area contributed by atoms with E-state index in [9.17, 15) is 9.59 Å². The number of carbonyl (C=O) groups is 2. The van der Waals surface area contributed by atoms with Crippen molar-refractivity contribution in [3.05, 3.63) is 40.9 Å². The van der Waals surface area contributed by atoms with Crippen molar-refractivity contribution >= 4 is 23.3 Å². The molecule has 1 saturated heterocycles. The van der Waals surface area contributed by atoms with Gasteiger partial charge in [-0.05, 0) is 6.92 Å². The standard InChI is InChI=1S/C15H13NO4S/c1-9-12(15(18)20-11-7-8-19-14(11)17)21-13(16-9)10-5-3-2-4-6-10/h2-6,11H,7-8H2,1H3/t11-/m0/s1. The lowest BCUT2D eigenvalue weighted by Gasteiger charge is -2.06. The molecule has 1 atom stereocenters. The third-order valence-electron chi connectivity index (χ3n) is 3.14.